The molecule has 0 aliphatic rings. The van der Waals surface area contributed by atoms with Gasteiger partial charge in [0.2, 0.25) is 0 Å². The molecular formula is C18H22FNS. The van der Waals surface area contributed by atoms with E-state index < -0.39 is 0 Å². The third kappa shape index (κ3) is 5.18. The number of hydrogen-bond donors (Lipinski definition) is 1. The predicted molar refractivity (Wildman–Crippen MR) is 88.3 cm³/mol. The summed E-state index contributed by atoms with van der Waals surface area (Å²) in [6.07, 6.45) is 0. The summed E-state index contributed by atoms with van der Waals surface area (Å²) in [5.74, 6) is -0.195. The molecule has 0 aliphatic heterocycles. The molecule has 112 valence electrons. The lowest BCUT2D eigenvalue weighted by Crippen LogP contribution is -2.35. The lowest BCUT2D eigenvalue weighted by Gasteiger charge is -2.21. The van der Waals surface area contributed by atoms with E-state index in [4.69, 9.17) is 0 Å². The first-order valence-electron chi connectivity index (χ1n) is 7.11. The topological polar surface area (TPSA) is 12.0 Å². The molecule has 2 aromatic rings. The van der Waals surface area contributed by atoms with Crippen molar-refractivity contribution in [3.8, 4) is 0 Å². The Morgan fingerprint density at radius 2 is 1.62 bits per heavy atom. The third-order valence-electron chi connectivity index (χ3n) is 3.17. The smallest absolute Gasteiger partial charge is 0.123 e. The summed E-state index contributed by atoms with van der Waals surface area (Å²) in [4.78, 5) is 2.23. The van der Waals surface area contributed by atoms with Crippen LogP contribution in [-0.2, 0) is 6.54 Å². The van der Waals surface area contributed by atoms with Crippen LogP contribution >= 0.6 is 11.8 Å². The highest BCUT2D eigenvalue weighted by molar-refractivity contribution is 7.99. The molecule has 0 saturated heterocycles. The van der Waals surface area contributed by atoms with Crippen LogP contribution in [0.15, 0.2) is 52.3 Å². The van der Waals surface area contributed by atoms with Crippen LogP contribution in [0.4, 0.5) is 4.39 Å². The average molecular weight is 303 g/mol. The summed E-state index contributed by atoms with van der Waals surface area (Å²) < 4.78 is 12.9. The van der Waals surface area contributed by atoms with E-state index in [1.807, 2.05) is 12.1 Å². The summed E-state index contributed by atoms with van der Waals surface area (Å²) in [5, 5.41) is 3.51. The minimum atomic E-state index is -0.195. The Morgan fingerprint density at radius 3 is 2.19 bits per heavy atom. The first kappa shape index (κ1) is 16.1. The summed E-state index contributed by atoms with van der Waals surface area (Å²) in [5.41, 5.74) is 2.71. The van der Waals surface area contributed by atoms with E-state index in [9.17, 15) is 4.39 Å². The number of nitrogens with one attached hydrogen (secondary N) is 1. The van der Waals surface area contributed by atoms with Crippen LogP contribution in [0.25, 0.3) is 0 Å². The number of hydrogen-bond acceptors (Lipinski definition) is 2. The normalized spacial score (nSPS) is 11.7. The van der Waals surface area contributed by atoms with Crippen LogP contribution in [0.1, 0.15) is 31.9 Å². The number of rotatable bonds is 4. The SMILES string of the molecule is Cc1cc(Sc2ccc(F)cc2)ccc1CNC(C)(C)C. The minimum absolute atomic E-state index is 0.119. The molecule has 0 amide bonds. The van der Waals surface area contributed by atoms with Gasteiger partial charge in [-0.2, -0.15) is 0 Å². The zero-order valence-electron chi connectivity index (χ0n) is 13.0. The highest BCUT2D eigenvalue weighted by atomic mass is 32.2. The van der Waals surface area contributed by atoms with Crippen molar-refractivity contribution in [1.29, 1.82) is 0 Å². The van der Waals surface area contributed by atoms with E-state index in [0.717, 1.165) is 11.4 Å². The minimum Gasteiger partial charge on any atom is -0.308 e. The quantitative estimate of drug-likeness (QED) is 0.836. The van der Waals surface area contributed by atoms with Crippen LogP contribution in [0.2, 0.25) is 0 Å². The van der Waals surface area contributed by atoms with E-state index >= 15 is 0 Å². The van der Waals surface area contributed by atoms with Crippen LogP contribution in [0.3, 0.4) is 0 Å². The van der Waals surface area contributed by atoms with Crippen LogP contribution in [-0.4, -0.2) is 5.54 Å². The number of halogens is 1. The number of aryl methyl sites for hydroxylation is 1. The molecule has 0 aromatic heterocycles. The fraction of sp³-hybridized carbons (Fsp3) is 0.333. The molecule has 1 N–H and O–H groups in total. The third-order valence-corrected chi connectivity index (χ3v) is 4.17. The van der Waals surface area contributed by atoms with Crippen molar-refractivity contribution in [2.24, 2.45) is 0 Å². The lowest BCUT2D eigenvalue weighted by molar-refractivity contribution is 0.424. The monoisotopic (exact) mass is 303 g/mol. The van der Waals surface area contributed by atoms with Crippen molar-refractivity contribution >= 4 is 11.8 Å². The van der Waals surface area contributed by atoms with Gasteiger partial charge in [0.05, 0.1) is 0 Å². The molecule has 0 fully saturated rings. The van der Waals surface area contributed by atoms with Crippen molar-refractivity contribution < 1.29 is 4.39 Å². The van der Waals surface area contributed by atoms with Crippen molar-refractivity contribution in [3.63, 3.8) is 0 Å². The first-order valence-corrected chi connectivity index (χ1v) is 7.93. The second kappa shape index (κ2) is 6.63. The molecule has 21 heavy (non-hydrogen) atoms. The van der Waals surface area contributed by atoms with E-state index in [0.29, 0.717) is 0 Å². The molecule has 3 heteroatoms. The molecule has 1 nitrogen and oxygen atoms in total. The van der Waals surface area contributed by atoms with Gasteiger partial charge in [-0.15, -0.1) is 0 Å². The van der Waals surface area contributed by atoms with Crippen LogP contribution in [0, 0.1) is 12.7 Å². The molecule has 0 radical (unpaired) electrons. The fourth-order valence-electron chi connectivity index (χ4n) is 1.93. The van der Waals surface area contributed by atoms with Gasteiger partial charge >= 0.3 is 0 Å². The lowest BCUT2D eigenvalue weighted by atomic mass is 10.1. The van der Waals surface area contributed by atoms with E-state index in [2.05, 4.69) is 51.2 Å². The Hall–Kier alpha value is -1.32. The maximum absolute atomic E-state index is 12.9. The van der Waals surface area contributed by atoms with Gasteiger partial charge in [-0.1, -0.05) is 17.8 Å². The van der Waals surface area contributed by atoms with Gasteiger partial charge < -0.3 is 5.32 Å². The molecule has 0 atom stereocenters. The molecule has 0 saturated carbocycles. The molecule has 0 heterocycles. The summed E-state index contributed by atoms with van der Waals surface area (Å²) in [6.45, 7) is 9.51. The zero-order chi connectivity index (χ0) is 15.5. The van der Waals surface area contributed by atoms with Crippen molar-refractivity contribution in [1.82, 2.24) is 5.32 Å². The average Bonchev–Trinajstić information content (AvgIpc) is 2.39. The predicted octanol–water partition coefficient (Wildman–Crippen LogP) is 5.17. The van der Waals surface area contributed by atoms with Crippen molar-refractivity contribution in [2.75, 3.05) is 0 Å². The van der Waals surface area contributed by atoms with Crippen LogP contribution < -0.4 is 5.32 Å². The largest absolute Gasteiger partial charge is 0.308 e. The van der Waals surface area contributed by atoms with E-state index in [1.165, 1.54) is 28.2 Å². The van der Waals surface area contributed by atoms with Gasteiger partial charge in [0.1, 0.15) is 5.82 Å². The van der Waals surface area contributed by atoms with Crippen LogP contribution in [0.5, 0.6) is 0 Å². The van der Waals surface area contributed by atoms with E-state index in [-0.39, 0.29) is 11.4 Å². The molecule has 2 aromatic carbocycles. The standard InChI is InChI=1S/C18H22FNS/c1-13-11-17(21-16-9-6-15(19)7-10-16)8-5-14(13)12-20-18(2,3)4/h5-11,20H,12H2,1-4H3. The first-order chi connectivity index (χ1) is 9.83. The Morgan fingerprint density at radius 1 is 1.00 bits per heavy atom. The highest BCUT2D eigenvalue weighted by Crippen LogP contribution is 2.29. The van der Waals surface area contributed by atoms with E-state index in [1.54, 1.807) is 11.8 Å². The second-order valence-corrected chi connectivity index (χ2v) is 7.39. The zero-order valence-corrected chi connectivity index (χ0v) is 13.9. The maximum atomic E-state index is 12.9. The Labute approximate surface area is 131 Å². The van der Waals surface area contributed by atoms with Gasteiger partial charge in [0.15, 0.2) is 0 Å². The van der Waals surface area contributed by atoms with Gasteiger partial charge in [0, 0.05) is 21.9 Å². The second-order valence-electron chi connectivity index (χ2n) is 6.25. The van der Waals surface area contributed by atoms with Gasteiger partial charge in [-0.05, 0) is 75.2 Å². The molecule has 2 rings (SSSR count). The Balaban J connectivity index is 2.06. The number of benzene rings is 2. The highest BCUT2D eigenvalue weighted by Gasteiger charge is 2.09. The maximum Gasteiger partial charge on any atom is 0.123 e. The van der Waals surface area contributed by atoms with Gasteiger partial charge in [0.25, 0.3) is 0 Å². The summed E-state index contributed by atoms with van der Waals surface area (Å²) >= 11 is 1.66. The molecule has 0 spiro atoms. The summed E-state index contributed by atoms with van der Waals surface area (Å²) in [6, 6.07) is 13.1. The molecule has 0 unspecified atom stereocenters. The van der Waals surface area contributed by atoms with Crippen molar-refractivity contribution in [3.05, 3.63) is 59.4 Å². The Kier molecular flexibility index (Phi) is 5.07. The van der Waals surface area contributed by atoms with Gasteiger partial charge in [-0.3, -0.25) is 0 Å². The van der Waals surface area contributed by atoms with Gasteiger partial charge in [-0.25, -0.2) is 4.39 Å². The van der Waals surface area contributed by atoms with Crippen molar-refractivity contribution in [2.45, 2.75) is 49.6 Å². The Bertz CT molecular complexity index is 600. The molecule has 0 bridgehead atoms. The molecule has 0 aliphatic carbocycles. The fourth-order valence-corrected chi connectivity index (χ4v) is 2.85. The molecular weight excluding hydrogens is 281 g/mol. The summed E-state index contributed by atoms with van der Waals surface area (Å²) in [7, 11) is 0.